The van der Waals surface area contributed by atoms with Gasteiger partial charge in [-0.15, -0.1) is 0 Å². The van der Waals surface area contributed by atoms with Gasteiger partial charge in [-0.2, -0.15) is 0 Å². The predicted molar refractivity (Wildman–Crippen MR) is 128 cm³/mol. The largest absolute Gasteiger partial charge is 0.465 e. The number of benzene rings is 2. The molecule has 0 radical (unpaired) electrons. The smallest absolute Gasteiger partial charge is 0.340 e. The number of pyridine rings is 2. The average Bonchev–Trinajstić information content (AvgIpc) is 2.93. The Labute approximate surface area is 204 Å². The van der Waals surface area contributed by atoms with Crippen molar-refractivity contribution in [2.45, 2.75) is 0 Å². The van der Waals surface area contributed by atoms with E-state index in [1.165, 1.54) is 65.4 Å². The van der Waals surface area contributed by atoms with Crippen molar-refractivity contribution in [1.29, 1.82) is 0 Å². The van der Waals surface area contributed by atoms with Crippen LogP contribution in [-0.4, -0.2) is 62.3 Å². The van der Waals surface area contributed by atoms with E-state index in [4.69, 9.17) is 18.9 Å². The molecule has 0 atom stereocenters. The first kappa shape index (κ1) is 24.3. The molecular weight excluding hydrogens is 468 g/mol. The van der Waals surface area contributed by atoms with E-state index in [1.807, 2.05) is 0 Å². The van der Waals surface area contributed by atoms with Crippen LogP contribution in [0.5, 0.6) is 0 Å². The molecule has 0 amide bonds. The van der Waals surface area contributed by atoms with Crippen LogP contribution in [0.3, 0.4) is 0 Å². The summed E-state index contributed by atoms with van der Waals surface area (Å²) in [6, 6.07) is 6.37. The van der Waals surface area contributed by atoms with E-state index in [2.05, 4.69) is 9.97 Å². The number of methoxy groups -OCH3 is 4. The van der Waals surface area contributed by atoms with Gasteiger partial charge in [-0.1, -0.05) is 12.1 Å². The maximum Gasteiger partial charge on any atom is 0.340 e. The van der Waals surface area contributed by atoms with Crippen LogP contribution in [0.15, 0.2) is 49.1 Å². The van der Waals surface area contributed by atoms with Crippen LogP contribution in [-0.2, 0) is 18.9 Å². The molecule has 4 aromatic rings. The highest BCUT2D eigenvalue weighted by Gasteiger charge is 2.24. The molecule has 0 saturated carbocycles. The Morgan fingerprint density at radius 3 is 1.17 bits per heavy atom. The molecule has 36 heavy (non-hydrogen) atoms. The van der Waals surface area contributed by atoms with E-state index in [9.17, 15) is 19.2 Å². The first-order chi connectivity index (χ1) is 17.4. The Bertz CT molecular complexity index is 1400. The normalized spacial score (nSPS) is 10.7. The Morgan fingerprint density at radius 2 is 0.833 bits per heavy atom. The second kappa shape index (κ2) is 9.79. The summed E-state index contributed by atoms with van der Waals surface area (Å²) in [5.74, 6) is -2.67. The van der Waals surface area contributed by atoms with Crippen LogP contribution in [0.25, 0.3) is 32.7 Å². The number of hydrogen-bond acceptors (Lipinski definition) is 10. The summed E-state index contributed by atoms with van der Waals surface area (Å²) in [6.45, 7) is 0. The second-order valence-corrected chi connectivity index (χ2v) is 7.51. The number of fused-ring (bicyclic) bond motifs is 2. The summed E-state index contributed by atoms with van der Waals surface area (Å²) in [5, 5.41) is 1.44. The van der Waals surface area contributed by atoms with Gasteiger partial charge in [-0.25, -0.2) is 19.2 Å². The standard InChI is InChI=1S/C26H20N2O8/c1-33-23(29)15-7-5-13(17-9-27-11-19(21(15)17)25(31)35-3)14-6-8-16(24(30)34-2)22-18(14)10-28-12-20(22)26(32)36-4/h5-12H,1-4H3. The maximum atomic E-state index is 12.5. The summed E-state index contributed by atoms with van der Waals surface area (Å²) in [7, 11) is 4.92. The van der Waals surface area contributed by atoms with E-state index in [-0.39, 0.29) is 33.0 Å². The van der Waals surface area contributed by atoms with Gasteiger partial charge in [0.2, 0.25) is 0 Å². The van der Waals surface area contributed by atoms with Gasteiger partial charge in [0.25, 0.3) is 0 Å². The maximum absolute atomic E-state index is 12.5. The molecule has 0 aliphatic carbocycles. The van der Waals surface area contributed by atoms with Crippen molar-refractivity contribution in [2.24, 2.45) is 0 Å². The van der Waals surface area contributed by atoms with Gasteiger partial charge in [-0.3, -0.25) is 9.97 Å². The number of ether oxygens (including phenoxy) is 4. The fourth-order valence-corrected chi connectivity index (χ4v) is 4.15. The Hall–Kier alpha value is -4.86. The van der Waals surface area contributed by atoms with Crippen LogP contribution >= 0.6 is 0 Å². The van der Waals surface area contributed by atoms with E-state index >= 15 is 0 Å². The minimum absolute atomic E-state index is 0.0705. The molecule has 0 aliphatic heterocycles. The van der Waals surface area contributed by atoms with E-state index in [1.54, 1.807) is 12.1 Å². The minimum atomic E-state index is -0.684. The zero-order chi connectivity index (χ0) is 26.0. The van der Waals surface area contributed by atoms with Crippen LogP contribution in [0, 0.1) is 0 Å². The van der Waals surface area contributed by atoms with Crippen LogP contribution < -0.4 is 0 Å². The molecule has 0 unspecified atom stereocenters. The summed E-state index contributed by atoms with van der Waals surface area (Å²) < 4.78 is 19.6. The van der Waals surface area contributed by atoms with Crippen molar-refractivity contribution in [1.82, 2.24) is 9.97 Å². The van der Waals surface area contributed by atoms with Crippen molar-refractivity contribution in [3.63, 3.8) is 0 Å². The predicted octanol–water partition coefficient (Wildman–Crippen LogP) is 3.60. The number of hydrogen-bond donors (Lipinski definition) is 0. The van der Waals surface area contributed by atoms with Gasteiger partial charge in [0.1, 0.15) is 0 Å². The molecule has 0 spiro atoms. The molecular formula is C26H20N2O8. The number of carbonyl (C=O) groups excluding carboxylic acids is 4. The van der Waals surface area contributed by atoms with Crippen molar-refractivity contribution in [2.75, 3.05) is 28.4 Å². The lowest BCUT2D eigenvalue weighted by atomic mass is 9.89. The second-order valence-electron chi connectivity index (χ2n) is 7.51. The minimum Gasteiger partial charge on any atom is -0.465 e. The zero-order valence-electron chi connectivity index (χ0n) is 19.8. The van der Waals surface area contributed by atoms with Gasteiger partial charge >= 0.3 is 23.9 Å². The Morgan fingerprint density at radius 1 is 0.500 bits per heavy atom. The average molecular weight is 488 g/mol. The van der Waals surface area contributed by atoms with Crippen molar-refractivity contribution in [3.05, 3.63) is 71.3 Å². The fraction of sp³-hybridized carbons (Fsp3) is 0.154. The number of nitrogens with zero attached hydrogens (tertiary/aromatic N) is 2. The first-order valence-corrected chi connectivity index (χ1v) is 10.5. The van der Waals surface area contributed by atoms with E-state index in [0.29, 0.717) is 21.9 Å². The molecule has 0 bridgehead atoms. The lowest BCUT2D eigenvalue weighted by Crippen LogP contribution is -2.10. The topological polar surface area (TPSA) is 131 Å². The number of carbonyl (C=O) groups is 4. The molecule has 2 aromatic carbocycles. The molecule has 4 rings (SSSR count). The molecule has 182 valence electrons. The fourth-order valence-electron chi connectivity index (χ4n) is 4.15. The lowest BCUT2D eigenvalue weighted by Gasteiger charge is -2.16. The van der Waals surface area contributed by atoms with Crippen LogP contribution in [0.1, 0.15) is 41.4 Å². The van der Waals surface area contributed by atoms with Gasteiger partial charge in [0.05, 0.1) is 50.7 Å². The molecule has 0 N–H and O–H groups in total. The molecule has 10 heteroatoms. The SMILES string of the molecule is COC(=O)c1ccc(-c2ccc(C(=O)OC)c3c(C(=O)OC)cncc23)c2cncc(C(=O)OC)c12. The highest BCUT2D eigenvalue weighted by Crippen LogP contribution is 2.38. The van der Waals surface area contributed by atoms with Crippen LogP contribution in [0.2, 0.25) is 0 Å². The van der Waals surface area contributed by atoms with Gasteiger partial charge in [0.15, 0.2) is 0 Å². The Balaban J connectivity index is 2.15. The van der Waals surface area contributed by atoms with Gasteiger partial charge < -0.3 is 18.9 Å². The number of aromatic nitrogens is 2. The molecule has 0 fully saturated rings. The van der Waals surface area contributed by atoms with Gasteiger partial charge in [-0.05, 0) is 23.3 Å². The lowest BCUT2D eigenvalue weighted by molar-refractivity contribution is 0.0586. The third kappa shape index (κ3) is 3.88. The monoisotopic (exact) mass is 488 g/mol. The van der Waals surface area contributed by atoms with Gasteiger partial charge in [0, 0.05) is 46.3 Å². The summed E-state index contributed by atoms with van der Waals surface area (Å²) in [6.07, 6.45) is 5.61. The summed E-state index contributed by atoms with van der Waals surface area (Å²) in [5.41, 5.74) is 1.54. The highest BCUT2D eigenvalue weighted by molar-refractivity contribution is 6.20. The van der Waals surface area contributed by atoms with Crippen LogP contribution in [0.4, 0.5) is 0 Å². The molecule has 2 aromatic heterocycles. The third-order valence-electron chi connectivity index (χ3n) is 5.76. The van der Waals surface area contributed by atoms with E-state index in [0.717, 1.165) is 0 Å². The molecule has 2 heterocycles. The third-order valence-corrected chi connectivity index (χ3v) is 5.76. The van der Waals surface area contributed by atoms with Crippen molar-refractivity contribution >= 4 is 45.4 Å². The number of rotatable bonds is 5. The summed E-state index contributed by atoms with van der Waals surface area (Å²) in [4.78, 5) is 58.5. The molecule has 0 saturated heterocycles. The quantitative estimate of drug-likeness (QED) is 0.303. The summed E-state index contributed by atoms with van der Waals surface area (Å²) >= 11 is 0. The first-order valence-electron chi connectivity index (χ1n) is 10.5. The van der Waals surface area contributed by atoms with Crippen molar-refractivity contribution < 1.29 is 38.1 Å². The molecule has 0 aliphatic rings. The van der Waals surface area contributed by atoms with Crippen molar-refractivity contribution in [3.8, 4) is 11.1 Å². The zero-order valence-corrected chi connectivity index (χ0v) is 19.8. The Kier molecular flexibility index (Phi) is 6.60. The highest BCUT2D eigenvalue weighted by atomic mass is 16.5. The molecule has 10 nitrogen and oxygen atoms in total. The number of esters is 4. The van der Waals surface area contributed by atoms with E-state index < -0.39 is 23.9 Å².